The number of carboxylic acid groups (broad SMARTS) is 1. The van der Waals surface area contributed by atoms with Crippen LogP contribution in [0.2, 0.25) is 0 Å². The minimum Gasteiger partial charge on any atom is -0.481 e. The second kappa shape index (κ2) is 6.69. The van der Waals surface area contributed by atoms with Gasteiger partial charge in [0.2, 0.25) is 0 Å². The van der Waals surface area contributed by atoms with Gasteiger partial charge >= 0.3 is 5.97 Å². The van der Waals surface area contributed by atoms with Crippen molar-refractivity contribution in [2.24, 2.45) is 0 Å². The van der Waals surface area contributed by atoms with E-state index in [0.29, 0.717) is 48.8 Å². The fourth-order valence-corrected chi connectivity index (χ4v) is 3.86. The summed E-state index contributed by atoms with van der Waals surface area (Å²) in [5.74, 6) is -2.06. The topological polar surface area (TPSA) is 68.7 Å². The third-order valence-corrected chi connectivity index (χ3v) is 5.27. The van der Waals surface area contributed by atoms with Crippen LogP contribution in [-0.2, 0) is 19.7 Å². The number of aromatic nitrogens is 1. The predicted octanol–water partition coefficient (Wildman–Crippen LogP) is 3.65. The van der Waals surface area contributed by atoms with Gasteiger partial charge in [-0.05, 0) is 49.6 Å². The van der Waals surface area contributed by atoms with Crippen LogP contribution in [0.3, 0.4) is 0 Å². The zero-order chi connectivity index (χ0) is 18.1. The highest BCUT2D eigenvalue weighted by molar-refractivity contribution is 5.91. The van der Waals surface area contributed by atoms with Gasteiger partial charge in [0.1, 0.15) is 5.82 Å². The summed E-state index contributed by atoms with van der Waals surface area (Å²) in [6.45, 7) is 2.39. The molecule has 0 aliphatic heterocycles. The molecule has 0 amide bonds. The molecule has 1 aliphatic rings. The van der Waals surface area contributed by atoms with Gasteiger partial charge in [-0.2, -0.15) is 0 Å². The summed E-state index contributed by atoms with van der Waals surface area (Å²) < 4.78 is 25.1. The molecular formula is C19H22FNO4. The Labute approximate surface area is 145 Å². The van der Waals surface area contributed by atoms with Crippen molar-refractivity contribution < 1.29 is 23.8 Å². The lowest BCUT2D eigenvalue weighted by atomic mass is 9.67. The van der Waals surface area contributed by atoms with E-state index >= 15 is 0 Å². The molecule has 1 aromatic heterocycles. The molecule has 134 valence electrons. The molecule has 2 aromatic rings. The minimum absolute atomic E-state index is 0.353. The fourth-order valence-electron chi connectivity index (χ4n) is 3.86. The Morgan fingerprint density at radius 1 is 1.28 bits per heavy atom. The number of methoxy groups -OCH3 is 1. The van der Waals surface area contributed by atoms with Crippen molar-refractivity contribution in [1.29, 1.82) is 0 Å². The highest BCUT2D eigenvalue weighted by atomic mass is 19.1. The Hall–Kier alpha value is -2.05. The van der Waals surface area contributed by atoms with E-state index in [1.807, 2.05) is 6.92 Å². The Bertz CT molecular complexity index is 784. The number of ether oxygens (including phenoxy) is 2. The number of halogens is 1. The smallest absolute Gasteiger partial charge is 0.314 e. The van der Waals surface area contributed by atoms with Crippen molar-refractivity contribution >= 4 is 16.9 Å². The lowest BCUT2D eigenvalue weighted by Gasteiger charge is -2.43. The number of fused-ring (bicyclic) bond motifs is 1. The van der Waals surface area contributed by atoms with Gasteiger partial charge in [0.05, 0.1) is 10.9 Å². The monoisotopic (exact) mass is 347 g/mol. The Morgan fingerprint density at radius 3 is 2.60 bits per heavy atom. The van der Waals surface area contributed by atoms with Crippen LogP contribution < -0.4 is 0 Å². The van der Waals surface area contributed by atoms with Crippen molar-refractivity contribution in [3.8, 4) is 0 Å². The molecule has 1 aromatic carbocycles. The van der Waals surface area contributed by atoms with Gasteiger partial charge in [0.25, 0.3) is 0 Å². The van der Waals surface area contributed by atoms with Gasteiger partial charge in [-0.1, -0.05) is 0 Å². The summed E-state index contributed by atoms with van der Waals surface area (Å²) in [5, 5.41) is 10.6. The molecule has 1 aliphatic carbocycles. The van der Waals surface area contributed by atoms with Crippen LogP contribution in [0.4, 0.5) is 4.39 Å². The van der Waals surface area contributed by atoms with E-state index in [1.54, 1.807) is 25.4 Å². The lowest BCUT2D eigenvalue weighted by Crippen LogP contribution is -2.48. The highest BCUT2D eigenvalue weighted by Gasteiger charge is 2.49. The Morgan fingerprint density at radius 2 is 2.00 bits per heavy atom. The molecule has 0 unspecified atom stereocenters. The van der Waals surface area contributed by atoms with Crippen LogP contribution in [0.15, 0.2) is 30.5 Å². The summed E-state index contributed by atoms with van der Waals surface area (Å²) in [6, 6.07) is 5.96. The SMILES string of the molecule is CCOC1(OC)CCC(C(=O)O)(c2ccnc3ccc(F)cc23)CC1. The van der Waals surface area contributed by atoms with E-state index in [2.05, 4.69) is 4.98 Å². The second-order valence-corrected chi connectivity index (χ2v) is 6.46. The first-order chi connectivity index (χ1) is 12.0. The first-order valence-electron chi connectivity index (χ1n) is 8.44. The van der Waals surface area contributed by atoms with Crippen molar-refractivity contribution in [2.45, 2.75) is 43.8 Å². The molecular weight excluding hydrogens is 325 g/mol. The number of nitrogens with zero attached hydrogens (tertiary/aromatic N) is 1. The quantitative estimate of drug-likeness (QED) is 0.836. The second-order valence-electron chi connectivity index (χ2n) is 6.46. The van der Waals surface area contributed by atoms with Crippen LogP contribution in [-0.4, -0.2) is 35.6 Å². The third kappa shape index (κ3) is 3.00. The summed E-state index contributed by atoms with van der Waals surface area (Å²) >= 11 is 0. The molecule has 0 radical (unpaired) electrons. The first-order valence-corrected chi connectivity index (χ1v) is 8.44. The van der Waals surface area contributed by atoms with Crippen LogP contribution in [0.5, 0.6) is 0 Å². The maximum Gasteiger partial charge on any atom is 0.314 e. The van der Waals surface area contributed by atoms with Crippen LogP contribution in [0.25, 0.3) is 10.9 Å². The zero-order valence-corrected chi connectivity index (χ0v) is 14.4. The number of hydrogen-bond donors (Lipinski definition) is 1. The Balaban J connectivity index is 2.07. The fraction of sp³-hybridized carbons (Fsp3) is 0.474. The number of hydrogen-bond acceptors (Lipinski definition) is 4. The van der Waals surface area contributed by atoms with Crippen molar-refractivity contribution in [1.82, 2.24) is 4.98 Å². The van der Waals surface area contributed by atoms with Crippen LogP contribution >= 0.6 is 0 Å². The van der Waals surface area contributed by atoms with E-state index in [0.717, 1.165) is 0 Å². The van der Waals surface area contributed by atoms with E-state index in [1.165, 1.54) is 12.1 Å². The highest BCUT2D eigenvalue weighted by Crippen LogP contribution is 2.46. The molecule has 0 spiro atoms. The largest absolute Gasteiger partial charge is 0.481 e. The number of carbonyl (C=O) groups is 1. The van der Waals surface area contributed by atoms with Crippen LogP contribution in [0.1, 0.15) is 38.2 Å². The van der Waals surface area contributed by atoms with Gasteiger partial charge in [-0.25, -0.2) is 4.39 Å². The van der Waals surface area contributed by atoms with E-state index in [4.69, 9.17) is 9.47 Å². The maximum absolute atomic E-state index is 13.8. The number of carboxylic acids is 1. The molecule has 6 heteroatoms. The molecule has 1 saturated carbocycles. The molecule has 1 fully saturated rings. The van der Waals surface area contributed by atoms with Gasteiger partial charge in [-0.3, -0.25) is 9.78 Å². The molecule has 1 N–H and O–H groups in total. The summed E-state index contributed by atoms with van der Waals surface area (Å²) in [4.78, 5) is 16.5. The average molecular weight is 347 g/mol. The van der Waals surface area contributed by atoms with E-state index in [-0.39, 0.29) is 0 Å². The standard InChI is InChI=1S/C19H22FNO4/c1-3-25-19(24-2)9-7-18(8-10-19,17(22)23)15-6-11-21-16-5-4-13(20)12-14(15)16/h4-6,11-12H,3,7-10H2,1-2H3,(H,22,23). The maximum atomic E-state index is 13.8. The molecule has 25 heavy (non-hydrogen) atoms. The molecule has 1 heterocycles. The number of pyridine rings is 1. The molecule has 0 saturated heterocycles. The predicted molar refractivity (Wildman–Crippen MR) is 90.8 cm³/mol. The summed E-state index contributed by atoms with van der Waals surface area (Å²) in [7, 11) is 1.58. The van der Waals surface area contributed by atoms with E-state index in [9.17, 15) is 14.3 Å². The van der Waals surface area contributed by atoms with Crippen molar-refractivity contribution in [2.75, 3.05) is 13.7 Å². The summed E-state index contributed by atoms with van der Waals surface area (Å²) in [5.41, 5.74) is 0.0901. The van der Waals surface area contributed by atoms with Gasteiger partial charge in [-0.15, -0.1) is 0 Å². The summed E-state index contributed by atoms with van der Waals surface area (Å²) in [6.07, 6.45) is 3.21. The molecule has 0 bridgehead atoms. The van der Waals surface area contributed by atoms with Gasteiger partial charge in [0, 0.05) is 38.1 Å². The van der Waals surface area contributed by atoms with E-state index < -0.39 is 23.0 Å². The Kier molecular flexibility index (Phi) is 4.75. The third-order valence-electron chi connectivity index (χ3n) is 5.27. The minimum atomic E-state index is -1.10. The number of aliphatic carboxylic acids is 1. The van der Waals surface area contributed by atoms with Gasteiger partial charge in [0.15, 0.2) is 5.79 Å². The average Bonchev–Trinajstić information content (AvgIpc) is 2.62. The number of benzene rings is 1. The zero-order valence-electron chi connectivity index (χ0n) is 14.4. The van der Waals surface area contributed by atoms with Crippen LogP contribution in [0, 0.1) is 5.82 Å². The van der Waals surface area contributed by atoms with Crippen molar-refractivity contribution in [3.63, 3.8) is 0 Å². The molecule has 3 rings (SSSR count). The van der Waals surface area contributed by atoms with Gasteiger partial charge < -0.3 is 14.6 Å². The number of rotatable bonds is 5. The lowest BCUT2D eigenvalue weighted by molar-refractivity contribution is -0.242. The first kappa shape index (κ1) is 17.8. The molecule has 5 nitrogen and oxygen atoms in total. The molecule has 0 atom stereocenters. The van der Waals surface area contributed by atoms with Crippen molar-refractivity contribution in [3.05, 3.63) is 41.8 Å². The normalized spacial score (nSPS) is 26.7.